The van der Waals surface area contributed by atoms with Crippen LogP contribution in [0.25, 0.3) is 21.6 Å². The van der Waals surface area contributed by atoms with E-state index in [2.05, 4.69) is 20.3 Å². The number of ether oxygens (including phenoxy) is 2. The molecule has 0 saturated carbocycles. The van der Waals surface area contributed by atoms with Crippen molar-refractivity contribution in [3.8, 4) is 17.1 Å². The van der Waals surface area contributed by atoms with Crippen LogP contribution >= 0.6 is 11.3 Å². The summed E-state index contributed by atoms with van der Waals surface area (Å²) in [4.78, 5) is 36.9. The fourth-order valence-electron chi connectivity index (χ4n) is 3.11. The Balaban J connectivity index is 1.41. The summed E-state index contributed by atoms with van der Waals surface area (Å²) in [6, 6.07) is 12.4. The van der Waals surface area contributed by atoms with Crippen molar-refractivity contribution < 1.29 is 19.1 Å². The fourth-order valence-corrected chi connectivity index (χ4v) is 4.00. The zero-order chi connectivity index (χ0) is 22.5. The second kappa shape index (κ2) is 9.61. The third-order valence-electron chi connectivity index (χ3n) is 4.71. The number of aromatic amines is 1. The second-order valence-corrected chi connectivity index (χ2v) is 7.92. The van der Waals surface area contributed by atoms with Crippen LogP contribution in [0.4, 0.5) is 5.13 Å². The number of nitrogens with zero attached hydrogens (tertiary/aromatic N) is 2. The molecule has 4 rings (SSSR count). The van der Waals surface area contributed by atoms with Gasteiger partial charge in [0.2, 0.25) is 0 Å². The van der Waals surface area contributed by atoms with Crippen LogP contribution in [0.15, 0.2) is 54.9 Å². The lowest BCUT2D eigenvalue weighted by atomic mass is 10.1. The molecule has 1 amide bonds. The Morgan fingerprint density at radius 3 is 2.66 bits per heavy atom. The van der Waals surface area contributed by atoms with Gasteiger partial charge in [-0.25, -0.2) is 14.8 Å². The monoisotopic (exact) mass is 450 g/mol. The van der Waals surface area contributed by atoms with Gasteiger partial charge in [0, 0.05) is 18.0 Å². The van der Waals surface area contributed by atoms with Crippen molar-refractivity contribution in [3.05, 3.63) is 60.4 Å². The van der Waals surface area contributed by atoms with Gasteiger partial charge in [-0.2, -0.15) is 0 Å². The summed E-state index contributed by atoms with van der Waals surface area (Å²) in [6.45, 7) is 4.27. The van der Waals surface area contributed by atoms with E-state index in [1.807, 2.05) is 25.1 Å². The molecule has 164 valence electrons. The molecule has 2 aromatic carbocycles. The van der Waals surface area contributed by atoms with Gasteiger partial charge in [0.05, 0.1) is 22.4 Å². The molecule has 1 atom stereocenters. The fraction of sp³-hybridized carbons (Fsp3) is 0.217. The van der Waals surface area contributed by atoms with Gasteiger partial charge < -0.3 is 14.5 Å². The van der Waals surface area contributed by atoms with Crippen LogP contribution in [0.1, 0.15) is 30.6 Å². The van der Waals surface area contributed by atoms with Gasteiger partial charge in [0.25, 0.3) is 5.91 Å². The first-order valence-corrected chi connectivity index (χ1v) is 11.0. The number of benzene rings is 2. The van der Waals surface area contributed by atoms with Crippen LogP contribution in [0, 0.1) is 0 Å². The Labute approximate surface area is 188 Å². The number of hydrogen-bond acceptors (Lipinski definition) is 7. The lowest BCUT2D eigenvalue weighted by Crippen LogP contribution is -2.32. The van der Waals surface area contributed by atoms with Crippen LogP contribution in [-0.4, -0.2) is 39.5 Å². The molecule has 4 aromatic rings. The van der Waals surface area contributed by atoms with Crippen molar-refractivity contribution >= 4 is 38.6 Å². The van der Waals surface area contributed by atoms with Crippen molar-refractivity contribution in [2.24, 2.45) is 0 Å². The summed E-state index contributed by atoms with van der Waals surface area (Å²) in [5.41, 5.74) is 1.96. The first-order valence-electron chi connectivity index (χ1n) is 10.2. The molecule has 8 nitrogen and oxygen atoms in total. The first-order chi connectivity index (χ1) is 15.6. The van der Waals surface area contributed by atoms with E-state index in [1.54, 1.807) is 43.6 Å². The summed E-state index contributed by atoms with van der Waals surface area (Å²) < 4.78 is 11.9. The summed E-state index contributed by atoms with van der Waals surface area (Å²) in [5, 5.41) is 3.20. The number of hydrogen-bond donors (Lipinski definition) is 2. The summed E-state index contributed by atoms with van der Waals surface area (Å²) in [7, 11) is 0. The Hall–Kier alpha value is -3.72. The molecule has 32 heavy (non-hydrogen) atoms. The molecule has 0 bridgehead atoms. The number of H-pyrrole nitrogens is 1. The Kier molecular flexibility index (Phi) is 6.46. The molecule has 9 heteroatoms. The number of imidazole rings is 1. The van der Waals surface area contributed by atoms with Gasteiger partial charge in [-0.15, -0.1) is 0 Å². The van der Waals surface area contributed by atoms with Crippen molar-refractivity contribution in [3.63, 3.8) is 0 Å². The average molecular weight is 451 g/mol. The van der Waals surface area contributed by atoms with Crippen molar-refractivity contribution in [2.75, 3.05) is 11.9 Å². The molecule has 1 unspecified atom stereocenters. The SMILES string of the molecule is CCOc1ccc2nc(NC(=O)C(CC)OC(=O)c3ccc(-c4ncc[nH]4)cc3)sc2c1. The van der Waals surface area contributed by atoms with E-state index in [9.17, 15) is 9.59 Å². The molecule has 2 aromatic heterocycles. The minimum absolute atomic E-state index is 0.335. The number of aromatic nitrogens is 3. The minimum atomic E-state index is -0.932. The predicted molar refractivity (Wildman–Crippen MR) is 123 cm³/mol. The summed E-state index contributed by atoms with van der Waals surface area (Å²) >= 11 is 1.34. The number of fused-ring (bicyclic) bond motifs is 1. The highest BCUT2D eigenvalue weighted by Gasteiger charge is 2.23. The normalized spacial score (nSPS) is 11.8. The van der Waals surface area contributed by atoms with E-state index in [0.717, 1.165) is 21.5 Å². The van der Waals surface area contributed by atoms with E-state index in [-0.39, 0.29) is 0 Å². The van der Waals surface area contributed by atoms with Crippen molar-refractivity contribution in [1.29, 1.82) is 0 Å². The molecule has 0 saturated heterocycles. The number of carbonyl (C=O) groups excluding carboxylic acids is 2. The van der Waals surface area contributed by atoms with Crippen LogP contribution in [0.2, 0.25) is 0 Å². The first kappa shape index (κ1) is 21.5. The van der Waals surface area contributed by atoms with E-state index < -0.39 is 18.0 Å². The van der Waals surface area contributed by atoms with Gasteiger partial charge in [-0.3, -0.25) is 10.1 Å². The molecule has 0 aliphatic carbocycles. The van der Waals surface area contributed by atoms with Crippen molar-refractivity contribution in [1.82, 2.24) is 15.0 Å². The number of thiazole rings is 1. The molecular weight excluding hydrogens is 428 g/mol. The van der Waals surface area contributed by atoms with Gasteiger partial charge >= 0.3 is 5.97 Å². The van der Waals surface area contributed by atoms with E-state index in [1.165, 1.54) is 11.3 Å². The number of carbonyl (C=O) groups is 2. The lowest BCUT2D eigenvalue weighted by molar-refractivity contribution is -0.124. The third kappa shape index (κ3) is 4.78. The molecule has 0 aliphatic rings. The average Bonchev–Trinajstić information content (AvgIpc) is 3.47. The Bertz CT molecular complexity index is 1220. The minimum Gasteiger partial charge on any atom is -0.494 e. The second-order valence-electron chi connectivity index (χ2n) is 6.89. The summed E-state index contributed by atoms with van der Waals surface area (Å²) in [5.74, 6) is 0.473. The molecule has 2 heterocycles. The number of esters is 1. The van der Waals surface area contributed by atoms with Crippen LogP contribution in [-0.2, 0) is 9.53 Å². The van der Waals surface area contributed by atoms with Crippen LogP contribution in [0.5, 0.6) is 5.75 Å². The predicted octanol–water partition coefficient (Wildman–Crippen LogP) is 4.66. The quantitative estimate of drug-likeness (QED) is 0.378. The largest absolute Gasteiger partial charge is 0.494 e. The third-order valence-corrected chi connectivity index (χ3v) is 5.64. The number of amides is 1. The molecule has 0 radical (unpaired) electrons. The molecule has 2 N–H and O–H groups in total. The number of nitrogens with one attached hydrogen (secondary N) is 2. The van der Waals surface area contributed by atoms with Crippen molar-refractivity contribution in [2.45, 2.75) is 26.4 Å². The number of rotatable bonds is 8. The van der Waals surface area contributed by atoms with Gasteiger partial charge in [-0.1, -0.05) is 30.4 Å². The highest BCUT2D eigenvalue weighted by molar-refractivity contribution is 7.22. The Morgan fingerprint density at radius 2 is 1.97 bits per heavy atom. The maximum absolute atomic E-state index is 12.7. The number of anilines is 1. The van der Waals surface area contributed by atoms with Crippen LogP contribution in [0.3, 0.4) is 0 Å². The maximum atomic E-state index is 12.7. The lowest BCUT2D eigenvalue weighted by Gasteiger charge is -2.15. The zero-order valence-electron chi connectivity index (χ0n) is 17.6. The molecule has 0 spiro atoms. The van der Waals surface area contributed by atoms with Gasteiger partial charge in [0.15, 0.2) is 11.2 Å². The maximum Gasteiger partial charge on any atom is 0.338 e. The van der Waals surface area contributed by atoms with Gasteiger partial charge in [-0.05, 0) is 43.7 Å². The highest BCUT2D eigenvalue weighted by Crippen LogP contribution is 2.29. The highest BCUT2D eigenvalue weighted by atomic mass is 32.1. The molecule has 0 aliphatic heterocycles. The molecular formula is C23H22N4O4S. The summed E-state index contributed by atoms with van der Waals surface area (Å²) in [6.07, 6.45) is 2.79. The smallest absolute Gasteiger partial charge is 0.338 e. The van der Waals surface area contributed by atoms with E-state index in [0.29, 0.717) is 29.5 Å². The van der Waals surface area contributed by atoms with E-state index in [4.69, 9.17) is 9.47 Å². The molecule has 0 fully saturated rings. The van der Waals surface area contributed by atoms with Gasteiger partial charge in [0.1, 0.15) is 11.6 Å². The Morgan fingerprint density at radius 1 is 1.16 bits per heavy atom. The zero-order valence-corrected chi connectivity index (χ0v) is 18.4. The van der Waals surface area contributed by atoms with E-state index >= 15 is 0 Å². The topological polar surface area (TPSA) is 106 Å². The van der Waals surface area contributed by atoms with Crippen LogP contribution < -0.4 is 10.1 Å². The standard InChI is InChI=1S/C23H22N4O4S/c1-3-18(31-22(29)15-7-5-14(6-8-15)20-24-11-12-25-20)21(28)27-23-26-17-10-9-16(30-4-2)13-19(17)32-23/h5-13,18H,3-4H2,1-2H3,(H,24,25)(H,26,27,28).